The van der Waals surface area contributed by atoms with Crippen LogP contribution < -0.4 is 5.32 Å². The fourth-order valence-corrected chi connectivity index (χ4v) is 2.05. The van der Waals surface area contributed by atoms with Crippen LogP contribution in [0.15, 0.2) is 42.6 Å². The number of hydrogen-bond acceptors (Lipinski definition) is 4. The maximum atomic E-state index is 9.19. The minimum atomic E-state index is 0.0954. The molecule has 2 aromatic heterocycles. The molecule has 0 aliphatic rings. The highest BCUT2D eigenvalue weighted by Crippen LogP contribution is 2.16. The monoisotopic (exact) mass is 268 g/mol. The minimum absolute atomic E-state index is 0.0954. The lowest BCUT2D eigenvalue weighted by Crippen LogP contribution is -2.19. The number of hydrogen-bond donors (Lipinski definition) is 3. The maximum Gasteiger partial charge on any atom is 0.133 e. The second-order valence-corrected chi connectivity index (χ2v) is 4.75. The summed E-state index contributed by atoms with van der Waals surface area (Å²) >= 11 is 0. The van der Waals surface area contributed by atoms with Crippen LogP contribution in [0.4, 0.5) is 0 Å². The van der Waals surface area contributed by atoms with Gasteiger partial charge < -0.3 is 15.4 Å². The molecule has 0 radical (unpaired) electrons. The zero-order valence-corrected chi connectivity index (χ0v) is 11.2. The third-order valence-electron chi connectivity index (χ3n) is 3.22. The molecule has 102 valence electrons. The smallest absolute Gasteiger partial charge is 0.133 e. The predicted octanol–water partition coefficient (Wildman–Crippen LogP) is 2.51. The molecule has 0 aliphatic heterocycles. The van der Waals surface area contributed by atoms with Gasteiger partial charge >= 0.3 is 0 Å². The number of aromatic hydroxyl groups is 1. The van der Waals surface area contributed by atoms with E-state index >= 15 is 0 Å². The van der Waals surface area contributed by atoms with Crippen LogP contribution in [0, 0.1) is 0 Å². The molecule has 1 atom stereocenters. The van der Waals surface area contributed by atoms with Gasteiger partial charge in [0.25, 0.3) is 0 Å². The summed E-state index contributed by atoms with van der Waals surface area (Å²) in [6, 6.07) is 11.5. The number of H-pyrrole nitrogens is 1. The van der Waals surface area contributed by atoms with Gasteiger partial charge in [-0.2, -0.15) is 0 Å². The van der Waals surface area contributed by atoms with Gasteiger partial charge in [-0.1, -0.05) is 12.1 Å². The highest BCUT2D eigenvalue weighted by Gasteiger charge is 2.10. The molecule has 20 heavy (non-hydrogen) atoms. The summed E-state index contributed by atoms with van der Waals surface area (Å²) in [5.74, 6) is 1.09. The fourth-order valence-electron chi connectivity index (χ4n) is 2.05. The number of nitrogens with one attached hydrogen (secondary N) is 2. The summed E-state index contributed by atoms with van der Waals surface area (Å²) in [6.07, 6.45) is 1.45. The van der Waals surface area contributed by atoms with Gasteiger partial charge in [0.2, 0.25) is 0 Å². The molecule has 0 saturated heterocycles. The van der Waals surface area contributed by atoms with Gasteiger partial charge in [0.15, 0.2) is 0 Å². The fraction of sp³-hybridized carbons (Fsp3) is 0.200. The summed E-state index contributed by atoms with van der Waals surface area (Å²) < 4.78 is 0. The minimum Gasteiger partial charge on any atom is -0.506 e. The molecule has 1 unspecified atom stereocenters. The Morgan fingerprint density at radius 3 is 2.85 bits per heavy atom. The molecule has 5 heteroatoms. The average molecular weight is 268 g/mol. The largest absolute Gasteiger partial charge is 0.506 e. The van der Waals surface area contributed by atoms with E-state index in [0.717, 1.165) is 22.6 Å². The first-order valence-electron chi connectivity index (χ1n) is 6.54. The number of para-hydroxylation sites is 2. The van der Waals surface area contributed by atoms with Crippen molar-refractivity contribution >= 4 is 11.0 Å². The Kier molecular flexibility index (Phi) is 3.35. The standard InChI is InChI=1S/C15H16N4O/c1-10(16-8-11-6-7-12(20)9-17-11)15-18-13-4-2-3-5-14(13)19-15/h2-7,9-10,16,20H,8H2,1H3,(H,18,19). The molecule has 0 spiro atoms. The van der Waals surface area contributed by atoms with Gasteiger partial charge in [-0.15, -0.1) is 0 Å². The van der Waals surface area contributed by atoms with E-state index in [2.05, 4.69) is 27.2 Å². The zero-order chi connectivity index (χ0) is 13.9. The van der Waals surface area contributed by atoms with Crippen LogP contribution in [-0.2, 0) is 6.54 Å². The molecule has 2 heterocycles. The van der Waals surface area contributed by atoms with E-state index in [-0.39, 0.29) is 11.8 Å². The Balaban J connectivity index is 1.69. The van der Waals surface area contributed by atoms with Crippen molar-refractivity contribution in [1.29, 1.82) is 0 Å². The van der Waals surface area contributed by atoms with Crippen LogP contribution in [0.25, 0.3) is 11.0 Å². The highest BCUT2D eigenvalue weighted by molar-refractivity contribution is 5.74. The lowest BCUT2D eigenvalue weighted by molar-refractivity contribution is 0.471. The Morgan fingerprint density at radius 2 is 2.10 bits per heavy atom. The van der Waals surface area contributed by atoms with Crippen molar-refractivity contribution in [3.8, 4) is 5.75 Å². The summed E-state index contributed by atoms with van der Waals surface area (Å²) in [6.45, 7) is 2.68. The van der Waals surface area contributed by atoms with Gasteiger partial charge in [-0.3, -0.25) is 4.98 Å². The second-order valence-electron chi connectivity index (χ2n) is 4.75. The molecule has 3 rings (SSSR count). The average Bonchev–Trinajstić information content (AvgIpc) is 2.90. The number of pyridine rings is 1. The van der Waals surface area contributed by atoms with Crippen molar-refractivity contribution in [2.24, 2.45) is 0 Å². The molecular weight excluding hydrogens is 252 g/mol. The number of aromatic nitrogens is 3. The zero-order valence-electron chi connectivity index (χ0n) is 11.2. The van der Waals surface area contributed by atoms with E-state index < -0.39 is 0 Å². The summed E-state index contributed by atoms with van der Waals surface area (Å²) in [7, 11) is 0. The van der Waals surface area contributed by atoms with Gasteiger partial charge in [-0.25, -0.2) is 4.98 Å². The topological polar surface area (TPSA) is 73.8 Å². The lowest BCUT2D eigenvalue weighted by atomic mass is 10.3. The van der Waals surface area contributed by atoms with E-state index in [4.69, 9.17) is 0 Å². The highest BCUT2D eigenvalue weighted by atomic mass is 16.3. The summed E-state index contributed by atoms with van der Waals surface area (Å²) in [4.78, 5) is 12.0. The number of nitrogens with zero attached hydrogens (tertiary/aromatic N) is 2. The van der Waals surface area contributed by atoms with E-state index in [9.17, 15) is 5.11 Å². The molecule has 3 N–H and O–H groups in total. The summed E-state index contributed by atoms with van der Waals surface area (Å²) in [5.41, 5.74) is 2.89. The second kappa shape index (κ2) is 5.30. The van der Waals surface area contributed by atoms with Crippen molar-refractivity contribution in [2.75, 3.05) is 0 Å². The van der Waals surface area contributed by atoms with Gasteiger partial charge in [0, 0.05) is 6.54 Å². The Bertz CT molecular complexity index is 672. The Labute approximate surface area is 116 Å². The first-order chi connectivity index (χ1) is 9.72. The lowest BCUT2D eigenvalue weighted by Gasteiger charge is -2.10. The van der Waals surface area contributed by atoms with Crippen molar-refractivity contribution in [3.05, 3.63) is 54.1 Å². The molecule has 5 nitrogen and oxygen atoms in total. The van der Waals surface area contributed by atoms with Crippen molar-refractivity contribution in [3.63, 3.8) is 0 Å². The predicted molar refractivity (Wildman–Crippen MR) is 77.3 cm³/mol. The Hall–Kier alpha value is -2.40. The SMILES string of the molecule is CC(NCc1ccc(O)cn1)c1nc2ccccc2[nH]1. The van der Waals surface area contributed by atoms with Crippen molar-refractivity contribution in [2.45, 2.75) is 19.5 Å². The normalized spacial score (nSPS) is 12.7. The van der Waals surface area contributed by atoms with Gasteiger partial charge in [0.1, 0.15) is 11.6 Å². The number of imidazole rings is 1. The van der Waals surface area contributed by atoms with Crippen LogP contribution in [0.1, 0.15) is 24.5 Å². The molecule has 0 fully saturated rings. The number of aromatic amines is 1. The molecule has 1 aromatic carbocycles. The van der Waals surface area contributed by atoms with E-state index in [1.54, 1.807) is 12.1 Å². The number of fused-ring (bicyclic) bond motifs is 1. The van der Waals surface area contributed by atoms with Crippen molar-refractivity contribution in [1.82, 2.24) is 20.3 Å². The van der Waals surface area contributed by atoms with Crippen LogP contribution in [0.3, 0.4) is 0 Å². The van der Waals surface area contributed by atoms with Crippen LogP contribution >= 0.6 is 0 Å². The molecule has 0 aliphatic carbocycles. The van der Waals surface area contributed by atoms with Gasteiger partial charge in [-0.05, 0) is 31.2 Å². The molecule has 3 aromatic rings. The quantitative estimate of drug-likeness (QED) is 0.679. The molecule has 0 bridgehead atoms. The maximum absolute atomic E-state index is 9.19. The molecule has 0 saturated carbocycles. The molecular formula is C15H16N4O. The van der Waals surface area contributed by atoms with Gasteiger partial charge in [0.05, 0.1) is 29.0 Å². The van der Waals surface area contributed by atoms with E-state index in [1.807, 2.05) is 24.3 Å². The first kappa shape index (κ1) is 12.6. The van der Waals surface area contributed by atoms with Crippen LogP contribution in [0.2, 0.25) is 0 Å². The molecule has 0 amide bonds. The van der Waals surface area contributed by atoms with E-state index in [1.165, 1.54) is 6.20 Å². The van der Waals surface area contributed by atoms with Crippen LogP contribution in [0.5, 0.6) is 5.75 Å². The first-order valence-corrected chi connectivity index (χ1v) is 6.54. The Morgan fingerprint density at radius 1 is 1.25 bits per heavy atom. The third-order valence-corrected chi connectivity index (χ3v) is 3.22. The van der Waals surface area contributed by atoms with Crippen molar-refractivity contribution < 1.29 is 5.11 Å². The number of benzene rings is 1. The third kappa shape index (κ3) is 2.62. The number of rotatable bonds is 4. The van der Waals surface area contributed by atoms with Crippen LogP contribution in [-0.4, -0.2) is 20.1 Å². The van der Waals surface area contributed by atoms with E-state index in [0.29, 0.717) is 6.54 Å². The summed E-state index contributed by atoms with van der Waals surface area (Å²) in [5, 5.41) is 12.6.